The van der Waals surface area contributed by atoms with Crippen molar-refractivity contribution in [1.29, 1.82) is 5.26 Å². The molecule has 3 aromatic rings. The molecule has 0 amide bonds. The highest BCUT2D eigenvalue weighted by Gasteiger charge is 2.12. The van der Waals surface area contributed by atoms with Gasteiger partial charge in [-0.15, -0.1) is 11.6 Å². The Kier molecular flexibility index (Phi) is 3.64. The van der Waals surface area contributed by atoms with Crippen molar-refractivity contribution < 1.29 is 0 Å². The molecule has 0 saturated carbocycles. The second-order valence-electron chi connectivity index (χ2n) is 4.29. The molecule has 0 aliphatic rings. The third kappa shape index (κ3) is 2.28. The molecular weight excluding hydrogens is 385 g/mol. The number of benzene rings is 2. The summed E-state index contributed by atoms with van der Waals surface area (Å²) in [7, 11) is 0. The summed E-state index contributed by atoms with van der Waals surface area (Å²) in [6.45, 7) is 0. The van der Waals surface area contributed by atoms with Gasteiger partial charge in [-0.25, -0.2) is 4.98 Å². The highest BCUT2D eigenvalue weighted by molar-refractivity contribution is 14.1. The molecule has 98 valence electrons. The van der Waals surface area contributed by atoms with Crippen molar-refractivity contribution >= 4 is 45.2 Å². The van der Waals surface area contributed by atoms with Crippen LogP contribution in [-0.2, 0) is 5.88 Å². The Labute approximate surface area is 134 Å². The molecule has 0 aliphatic heterocycles. The van der Waals surface area contributed by atoms with Gasteiger partial charge in [0.2, 0.25) is 0 Å². The fourth-order valence-electron chi connectivity index (χ4n) is 2.16. The van der Waals surface area contributed by atoms with Crippen molar-refractivity contribution in [3.05, 3.63) is 57.4 Å². The van der Waals surface area contributed by atoms with Crippen LogP contribution in [0.1, 0.15) is 11.4 Å². The van der Waals surface area contributed by atoms with E-state index in [9.17, 15) is 0 Å². The summed E-state index contributed by atoms with van der Waals surface area (Å²) in [5, 5.41) is 9.05. The van der Waals surface area contributed by atoms with Crippen LogP contribution in [0.5, 0.6) is 0 Å². The summed E-state index contributed by atoms with van der Waals surface area (Å²) < 4.78 is 3.17. The Morgan fingerprint density at radius 3 is 2.60 bits per heavy atom. The predicted octanol–water partition coefficient (Wildman–Crippen LogP) is 4.24. The van der Waals surface area contributed by atoms with Gasteiger partial charge in [-0.3, -0.25) is 4.57 Å². The van der Waals surface area contributed by atoms with Crippen LogP contribution in [0.15, 0.2) is 42.5 Å². The topological polar surface area (TPSA) is 41.6 Å². The van der Waals surface area contributed by atoms with Gasteiger partial charge in [-0.2, -0.15) is 5.26 Å². The highest BCUT2D eigenvalue weighted by Crippen LogP contribution is 2.24. The van der Waals surface area contributed by atoms with Crippen molar-refractivity contribution in [3.8, 4) is 11.8 Å². The van der Waals surface area contributed by atoms with Crippen LogP contribution in [0.2, 0.25) is 0 Å². The third-order valence-corrected chi connectivity index (χ3v) is 4.02. The summed E-state index contributed by atoms with van der Waals surface area (Å²) in [4.78, 5) is 4.53. The van der Waals surface area contributed by atoms with Gasteiger partial charge in [-0.1, -0.05) is 0 Å². The van der Waals surface area contributed by atoms with Crippen LogP contribution in [0.3, 0.4) is 0 Å². The Morgan fingerprint density at radius 1 is 1.20 bits per heavy atom. The fraction of sp³-hybridized carbons (Fsp3) is 0.0667. The van der Waals surface area contributed by atoms with Crippen LogP contribution in [0.25, 0.3) is 16.7 Å². The molecule has 5 heteroatoms. The van der Waals surface area contributed by atoms with Gasteiger partial charge >= 0.3 is 0 Å². The van der Waals surface area contributed by atoms with Crippen LogP contribution in [0.4, 0.5) is 0 Å². The summed E-state index contributed by atoms with van der Waals surface area (Å²) in [5.41, 5.74) is 3.36. The Morgan fingerprint density at radius 2 is 1.95 bits per heavy atom. The average molecular weight is 394 g/mol. The zero-order chi connectivity index (χ0) is 14.1. The number of fused-ring (bicyclic) bond motifs is 1. The molecular formula is C15H9ClIN3. The lowest BCUT2D eigenvalue weighted by molar-refractivity contribution is 0.981. The van der Waals surface area contributed by atoms with E-state index in [-0.39, 0.29) is 0 Å². The largest absolute Gasteiger partial charge is 0.295 e. The molecule has 20 heavy (non-hydrogen) atoms. The quantitative estimate of drug-likeness (QED) is 0.483. The highest BCUT2D eigenvalue weighted by atomic mass is 127. The molecule has 0 atom stereocenters. The Bertz CT molecular complexity index is 815. The van der Waals surface area contributed by atoms with Crippen LogP contribution in [-0.4, -0.2) is 9.55 Å². The number of nitriles is 1. The van der Waals surface area contributed by atoms with E-state index in [2.05, 4.69) is 33.6 Å². The van der Waals surface area contributed by atoms with Gasteiger partial charge in [0.15, 0.2) is 0 Å². The van der Waals surface area contributed by atoms with E-state index in [1.807, 2.05) is 41.0 Å². The third-order valence-electron chi connectivity index (χ3n) is 3.06. The predicted molar refractivity (Wildman–Crippen MR) is 88.1 cm³/mol. The van der Waals surface area contributed by atoms with E-state index in [1.54, 1.807) is 6.07 Å². The van der Waals surface area contributed by atoms with Crippen molar-refractivity contribution in [2.24, 2.45) is 0 Å². The van der Waals surface area contributed by atoms with Crippen molar-refractivity contribution in [3.63, 3.8) is 0 Å². The molecule has 0 saturated heterocycles. The summed E-state index contributed by atoms with van der Waals surface area (Å²) >= 11 is 8.28. The normalized spacial score (nSPS) is 10.7. The van der Waals surface area contributed by atoms with Gasteiger partial charge in [0.1, 0.15) is 5.82 Å². The molecule has 2 aromatic carbocycles. The van der Waals surface area contributed by atoms with E-state index in [0.717, 1.165) is 22.5 Å². The van der Waals surface area contributed by atoms with Gasteiger partial charge in [0.25, 0.3) is 0 Å². The maximum atomic E-state index is 9.05. The number of hydrogen-bond acceptors (Lipinski definition) is 2. The number of nitrogens with zero attached hydrogens (tertiary/aromatic N) is 3. The lowest BCUT2D eigenvalue weighted by Gasteiger charge is -2.08. The van der Waals surface area contributed by atoms with Gasteiger partial charge in [0, 0.05) is 9.26 Å². The van der Waals surface area contributed by atoms with Crippen LogP contribution < -0.4 is 0 Å². The molecule has 0 unspecified atom stereocenters. The van der Waals surface area contributed by atoms with E-state index >= 15 is 0 Å². The van der Waals surface area contributed by atoms with E-state index in [0.29, 0.717) is 11.4 Å². The summed E-state index contributed by atoms with van der Waals surface area (Å²) in [5.74, 6) is 1.10. The van der Waals surface area contributed by atoms with Crippen molar-refractivity contribution in [2.75, 3.05) is 0 Å². The fourth-order valence-corrected chi connectivity index (χ4v) is 2.70. The molecule has 0 fully saturated rings. The molecule has 0 bridgehead atoms. The Hall–Kier alpha value is -1.58. The van der Waals surface area contributed by atoms with E-state index in [1.165, 1.54) is 3.57 Å². The number of imidazole rings is 1. The molecule has 3 rings (SSSR count). The van der Waals surface area contributed by atoms with Crippen LogP contribution in [0, 0.1) is 14.9 Å². The first-order chi connectivity index (χ1) is 9.72. The molecule has 0 aliphatic carbocycles. The maximum absolute atomic E-state index is 9.05. The minimum Gasteiger partial charge on any atom is -0.295 e. The zero-order valence-corrected chi connectivity index (χ0v) is 13.3. The minimum absolute atomic E-state index is 0.322. The first-order valence-corrected chi connectivity index (χ1v) is 7.57. The summed E-state index contributed by atoms with van der Waals surface area (Å²) in [6.07, 6.45) is 0. The number of rotatable bonds is 2. The lowest BCUT2D eigenvalue weighted by Crippen LogP contribution is -1.99. The number of hydrogen-bond donors (Lipinski definition) is 0. The van der Waals surface area contributed by atoms with Crippen molar-refractivity contribution in [1.82, 2.24) is 9.55 Å². The molecule has 3 nitrogen and oxygen atoms in total. The first-order valence-electron chi connectivity index (χ1n) is 5.96. The second kappa shape index (κ2) is 5.43. The molecule has 0 radical (unpaired) electrons. The number of aromatic nitrogens is 2. The van der Waals surface area contributed by atoms with E-state index in [4.69, 9.17) is 16.9 Å². The SMILES string of the molecule is N#Cc1ccc2nc(CCl)n(-c3ccc(I)cc3)c2c1. The monoisotopic (exact) mass is 393 g/mol. The Balaban J connectivity index is 2.31. The molecule has 0 spiro atoms. The van der Waals surface area contributed by atoms with Gasteiger partial charge in [0.05, 0.1) is 28.5 Å². The second-order valence-corrected chi connectivity index (χ2v) is 5.80. The molecule has 0 N–H and O–H groups in total. The lowest BCUT2D eigenvalue weighted by atomic mass is 10.2. The van der Waals surface area contributed by atoms with Gasteiger partial charge < -0.3 is 0 Å². The summed E-state index contributed by atoms with van der Waals surface area (Å²) in [6, 6.07) is 15.7. The molecule has 1 heterocycles. The average Bonchev–Trinajstić information content (AvgIpc) is 2.85. The maximum Gasteiger partial charge on any atom is 0.129 e. The standard InChI is InChI=1S/C15H9ClIN3/c16-8-15-19-13-6-1-10(9-18)7-14(13)20(15)12-4-2-11(17)3-5-12/h1-7H,8H2. The number of alkyl halides is 1. The van der Waals surface area contributed by atoms with Gasteiger partial charge in [-0.05, 0) is 65.1 Å². The van der Waals surface area contributed by atoms with Crippen LogP contribution >= 0.6 is 34.2 Å². The number of halogens is 2. The zero-order valence-electron chi connectivity index (χ0n) is 10.3. The first kappa shape index (κ1) is 13.4. The van der Waals surface area contributed by atoms with E-state index < -0.39 is 0 Å². The van der Waals surface area contributed by atoms with Crippen molar-refractivity contribution in [2.45, 2.75) is 5.88 Å². The smallest absolute Gasteiger partial charge is 0.129 e. The molecule has 1 aromatic heterocycles. The minimum atomic E-state index is 0.322.